The first-order chi connectivity index (χ1) is 7.69. The van der Waals surface area contributed by atoms with E-state index in [-0.39, 0.29) is 5.13 Å². The molecule has 0 atom stereocenters. The lowest BCUT2D eigenvalue weighted by Crippen LogP contribution is -1.84. The fourth-order valence-corrected chi connectivity index (χ4v) is 4.30. The Bertz CT molecular complexity index is 510. The molecule has 84 valence electrons. The summed E-state index contributed by atoms with van der Waals surface area (Å²) in [5, 5.41) is 17.4. The molecule has 2 aromatic rings. The van der Waals surface area contributed by atoms with Crippen molar-refractivity contribution in [3.8, 4) is 0 Å². The van der Waals surface area contributed by atoms with Gasteiger partial charge in [0.2, 0.25) is 4.34 Å². The zero-order valence-corrected chi connectivity index (χ0v) is 11.1. The third-order valence-electron chi connectivity index (χ3n) is 1.38. The van der Waals surface area contributed by atoms with Gasteiger partial charge >= 0.3 is 5.13 Å². The van der Waals surface area contributed by atoms with E-state index in [2.05, 4.69) is 15.2 Å². The fraction of sp³-hybridized carbons (Fsp3) is 0.167. The first-order valence-electron chi connectivity index (χ1n) is 3.84. The van der Waals surface area contributed by atoms with Crippen LogP contribution in [0.1, 0.15) is 0 Å². The minimum absolute atomic E-state index is 0.183. The highest BCUT2D eigenvalue weighted by atomic mass is 32.2. The van der Waals surface area contributed by atoms with Crippen LogP contribution in [0.15, 0.2) is 19.1 Å². The number of hydrogen-bond donors (Lipinski definition) is 0. The van der Waals surface area contributed by atoms with Gasteiger partial charge in [-0.1, -0.05) is 11.8 Å². The van der Waals surface area contributed by atoms with E-state index in [0.717, 1.165) is 19.9 Å². The van der Waals surface area contributed by atoms with E-state index in [1.54, 1.807) is 18.0 Å². The van der Waals surface area contributed by atoms with E-state index in [4.69, 9.17) is 0 Å². The predicted molar refractivity (Wildman–Crippen MR) is 64.6 cm³/mol. The third-order valence-corrected chi connectivity index (χ3v) is 5.40. The highest BCUT2D eigenvalue weighted by Crippen LogP contribution is 2.37. The highest BCUT2D eigenvalue weighted by Gasteiger charge is 2.16. The maximum atomic E-state index is 10.4. The van der Waals surface area contributed by atoms with Crippen molar-refractivity contribution >= 4 is 51.3 Å². The van der Waals surface area contributed by atoms with E-state index in [9.17, 15) is 10.1 Å². The van der Waals surface area contributed by atoms with Crippen molar-refractivity contribution in [2.75, 3.05) is 6.26 Å². The lowest BCUT2D eigenvalue weighted by Gasteiger charge is -1.86. The molecule has 0 unspecified atom stereocenters. The van der Waals surface area contributed by atoms with Crippen LogP contribution in [0.4, 0.5) is 5.13 Å². The van der Waals surface area contributed by atoms with Crippen LogP contribution in [0.2, 0.25) is 0 Å². The van der Waals surface area contributed by atoms with Gasteiger partial charge in [-0.05, 0) is 39.4 Å². The molecule has 2 rings (SSSR count). The van der Waals surface area contributed by atoms with Gasteiger partial charge in [-0.15, -0.1) is 11.3 Å². The smallest absolute Gasteiger partial charge is 0.357 e. The van der Waals surface area contributed by atoms with Gasteiger partial charge in [0.15, 0.2) is 4.34 Å². The number of nitrogens with zero attached hydrogens (tertiary/aromatic N) is 4. The second kappa shape index (κ2) is 5.08. The Hall–Kier alpha value is -0.710. The van der Waals surface area contributed by atoms with Crippen LogP contribution in [-0.2, 0) is 0 Å². The van der Waals surface area contributed by atoms with Crippen molar-refractivity contribution in [2.45, 2.75) is 12.9 Å². The Labute approximate surface area is 107 Å². The molecule has 6 nitrogen and oxygen atoms in total. The van der Waals surface area contributed by atoms with Gasteiger partial charge in [-0.3, -0.25) is 0 Å². The topological polar surface area (TPSA) is 81.8 Å². The van der Waals surface area contributed by atoms with Crippen LogP contribution in [0.3, 0.4) is 0 Å². The number of hydrogen-bond acceptors (Lipinski definition) is 9. The number of nitro groups is 1. The fourth-order valence-electron chi connectivity index (χ4n) is 0.789. The van der Waals surface area contributed by atoms with Gasteiger partial charge in [0, 0.05) is 0 Å². The molecule has 0 aliphatic rings. The Morgan fingerprint density at radius 2 is 2.19 bits per heavy atom. The van der Waals surface area contributed by atoms with E-state index < -0.39 is 4.92 Å². The van der Waals surface area contributed by atoms with Crippen LogP contribution in [0.25, 0.3) is 0 Å². The molecule has 0 N–H and O–H groups in total. The molecular formula is C6H4N4O2S4. The molecule has 0 bridgehead atoms. The SMILES string of the molecule is CSc1ncc(Sc2nnc([N+](=O)[O-])s2)s1. The maximum Gasteiger partial charge on any atom is 0.451 e. The number of rotatable bonds is 4. The summed E-state index contributed by atoms with van der Waals surface area (Å²) in [7, 11) is 0. The summed E-state index contributed by atoms with van der Waals surface area (Å²) in [5.41, 5.74) is 0. The normalized spacial score (nSPS) is 10.6. The van der Waals surface area contributed by atoms with Crippen molar-refractivity contribution in [1.82, 2.24) is 15.2 Å². The minimum atomic E-state index is -0.540. The molecule has 10 heteroatoms. The van der Waals surface area contributed by atoms with E-state index in [1.807, 2.05) is 6.26 Å². The predicted octanol–water partition coefficient (Wildman–Crippen LogP) is 2.78. The molecule has 0 aliphatic carbocycles. The molecule has 0 aliphatic heterocycles. The average molecular weight is 292 g/mol. The first-order valence-corrected chi connectivity index (χ1v) is 7.52. The highest BCUT2D eigenvalue weighted by molar-refractivity contribution is 8.04. The molecule has 0 saturated heterocycles. The summed E-state index contributed by atoms with van der Waals surface area (Å²) < 4.78 is 2.47. The van der Waals surface area contributed by atoms with E-state index in [1.165, 1.54) is 23.1 Å². The molecule has 0 radical (unpaired) electrons. The zero-order chi connectivity index (χ0) is 11.5. The Morgan fingerprint density at radius 1 is 1.38 bits per heavy atom. The Kier molecular flexibility index (Phi) is 3.74. The number of aromatic nitrogens is 3. The molecular weight excluding hydrogens is 288 g/mol. The van der Waals surface area contributed by atoms with E-state index >= 15 is 0 Å². The molecule has 0 fully saturated rings. The lowest BCUT2D eigenvalue weighted by atomic mass is 11.0. The molecule has 16 heavy (non-hydrogen) atoms. The van der Waals surface area contributed by atoms with Crippen LogP contribution in [-0.4, -0.2) is 26.4 Å². The summed E-state index contributed by atoms with van der Waals surface area (Å²) in [4.78, 5) is 14.0. The number of thiazole rings is 1. The summed E-state index contributed by atoms with van der Waals surface area (Å²) in [6, 6.07) is 0. The third kappa shape index (κ3) is 2.70. The van der Waals surface area contributed by atoms with Crippen molar-refractivity contribution < 1.29 is 4.92 Å². The molecule has 0 saturated carbocycles. The maximum absolute atomic E-state index is 10.4. The van der Waals surface area contributed by atoms with Crippen molar-refractivity contribution in [3.05, 3.63) is 16.3 Å². The van der Waals surface area contributed by atoms with Gasteiger partial charge in [0.25, 0.3) is 0 Å². The monoisotopic (exact) mass is 292 g/mol. The van der Waals surface area contributed by atoms with Crippen LogP contribution < -0.4 is 0 Å². The molecule has 0 aromatic carbocycles. The quantitative estimate of drug-likeness (QED) is 0.487. The summed E-state index contributed by atoms with van der Waals surface area (Å²) in [5.74, 6) is 0. The van der Waals surface area contributed by atoms with Gasteiger partial charge in [0.1, 0.15) is 0 Å². The average Bonchev–Trinajstić information content (AvgIpc) is 2.87. The van der Waals surface area contributed by atoms with Gasteiger partial charge in [-0.2, -0.15) is 0 Å². The Balaban J connectivity index is 2.11. The van der Waals surface area contributed by atoms with Crippen molar-refractivity contribution in [1.29, 1.82) is 0 Å². The summed E-state index contributed by atoms with van der Waals surface area (Å²) in [6.07, 6.45) is 3.68. The minimum Gasteiger partial charge on any atom is -0.357 e. The van der Waals surface area contributed by atoms with Crippen LogP contribution in [0.5, 0.6) is 0 Å². The number of thioether (sulfide) groups is 1. The van der Waals surface area contributed by atoms with Gasteiger partial charge < -0.3 is 10.1 Å². The lowest BCUT2D eigenvalue weighted by molar-refractivity contribution is -0.385. The van der Waals surface area contributed by atoms with Crippen LogP contribution >= 0.6 is 46.2 Å². The standard InChI is InChI=1S/C6H4N4O2S4/c1-13-5-7-2-3(14-5)15-6-9-8-4(16-6)10(11)12/h2H,1H3. The molecule has 0 amide bonds. The van der Waals surface area contributed by atoms with Crippen molar-refractivity contribution in [3.63, 3.8) is 0 Å². The summed E-state index contributed by atoms with van der Waals surface area (Å²) >= 11 is 5.40. The Morgan fingerprint density at radius 3 is 2.75 bits per heavy atom. The first kappa shape index (κ1) is 11.8. The van der Waals surface area contributed by atoms with Crippen LogP contribution in [0, 0.1) is 10.1 Å². The summed E-state index contributed by atoms with van der Waals surface area (Å²) in [6.45, 7) is 0. The second-order valence-corrected chi connectivity index (χ2v) is 6.95. The zero-order valence-electron chi connectivity index (χ0n) is 7.82. The largest absolute Gasteiger partial charge is 0.451 e. The molecule has 0 spiro atoms. The second-order valence-electron chi connectivity index (χ2n) is 2.36. The van der Waals surface area contributed by atoms with Gasteiger partial charge in [0.05, 0.1) is 15.5 Å². The van der Waals surface area contributed by atoms with Gasteiger partial charge in [-0.25, -0.2) is 4.98 Å². The van der Waals surface area contributed by atoms with E-state index in [0.29, 0.717) is 4.34 Å². The molecule has 2 aromatic heterocycles. The molecule has 2 heterocycles. The van der Waals surface area contributed by atoms with Crippen molar-refractivity contribution in [2.24, 2.45) is 0 Å².